The number of hydrogen-bond acceptors (Lipinski definition) is 5. The zero-order valence-corrected chi connectivity index (χ0v) is 16.6. The number of piperidine rings is 1. The fourth-order valence-electron chi connectivity index (χ4n) is 3.97. The Labute approximate surface area is 165 Å². The van der Waals surface area contributed by atoms with Crippen molar-refractivity contribution in [3.63, 3.8) is 0 Å². The first-order chi connectivity index (χ1) is 13.5. The second-order valence-electron chi connectivity index (χ2n) is 7.40. The molecule has 0 N–H and O–H groups in total. The maximum absolute atomic E-state index is 12.9. The second kappa shape index (κ2) is 9.08. The van der Waals surface area contributed by atoms with Gasteiger partial charge in [0.05, 0.1) is 25.6 Å². The molecule has 2 atom stereocenters. The predicted molar refractivity (Wildman–Crippen MR) is 102 cm³/mol. The van der Waals surface area contributed by atoms with Gasteiger partial charge in [0.1, 0.15) is 5.75 Å². The van der Waals surface area contributed by atoms with Gasteiger partial charge in [-0.1, -0.05) is 12.1 Å². The highest BCUT2D eigenvalue weighted by Crippen LogP contribution is 2.26. The fraction of sp³-hybridized carbons (Fsp3) is 0.571. The van der Waals surface area contributed by atoms with E-state index in [0.717, 1.165) is 24.2 Å². The molecule has 2 heterocycles. The van der Waals surface area contributed by atoms with Crippen LogP contribution in [0.25, 0.3) is 0 Å². The molecule has 3 rings (SSSR count). The minimum absolute atomic E-state index is 0.0138. The highest BCUT2D eigenvalue weighted by molar-refractivity contribution is 5.89. The number of benzene rings is 1. The van der Waals surface area contributed by atoms with Gasteiger partial charge in [-0.3, -0.25) is 14.4 Å². The molecule has 2 fully saturated rings. The van der Waals surface area contributed by atoms with Crippen molar-refractivity contribution in [1.82, 2.24) is 9.80 Å². The quantitative estimate of drug-likeness (QED) is 0.695. The van der Waals surface area contributed by atoms with Crippen molar-refractivity contribution in [2.24, 2.45) is 11.8 Å². The van der Waals surface area contributed by atoms with Crippen molar-refractivity contribution >= 4 is 17.8 Å². The number of likely N-dealkylation sites (tertiary alicyclic amines) is 2. The van der Waals surface area contributed by atoms with Gasteiger partial charge >= 0.3 is 5.97 Å². The summed E-state index contributed by atoms with van der Waals surface area (Å²) in [5, 5.41) is 0. The molecule has 2 amide bonds. The van der Waals surface area contributed by atoms with Gasteiger partial charge in [0.2, 0.25) is 11.8 Å². The number of amides is 2. The Hall–Kier alpha value is -2.57. The van der Waals surface area contributed by atoms with E-state index in [1.54, 1.807) is 23.8 Å². The number of esters is 1. The Kier molecular flexibility index (Phi) is 6.54. The van der Waals surface area contributed by atoms with Crippen molar-refractivity contribution < 1.29 is 23.9 Å². The molecule has 28 heavy (non-hydrogen) atoms. The largest absolute Gasteiger partial charge is 0.497 e. The lowest BCUT2D eigenvalue weighted by atomic mass is 9.96. The molecule has 0 saturated carbocycles. The van der Waals surface area contributed by atoms with Crippen LogP contribution in [-0.4, -0.2) is 60.9 Å². The first kappa shape index (κ1) is 20.2. The van der Waals surface area contributed by atoms with Crippen LogP contribution >= 0.6 is 0 Å². The lowest BCUT2D eigenvalue weighted by Gasteiger charge is -2.33. The van der Waals surface area contributed by atoms with E-state index in [9.17, 15) is 14.4 Å². The summed E-state index contributed by atoms with van der Waals surface area (Å²) in [6, 6.07) is 7.59. The summed E-state index contributed by atoms with van der Waals surface area (Å²) < 4.78 is 10.3. The Morgan fingerprint density at radius 2 is 2.04 bits per heavy atom. The van der Waals surface area contributed by atoms with Crippen molar-refractivity contribution in [3.05, 3.63) is 29.8 Å². The average Bonchev–Trinajstić information content (AvgIpc) is 3.08. The van der Waals surface area contributed by atoms with Gasteiger partial charge < -0.3 is 19.3 Å². The van der Waals surface area contributed by atoms with E-state index in [-0.39, 0.29) is 36.0 Å². The zero-order valence-electron chi connectivity index (χ0n) is 16.6. The molecule has 152 valence electrons. The molecule has 0 aromatic heterocycles. The molecule has 0 spiro atoms. The van der Waals surface area contributed by atoms with Gasteiger partial charge in [-0.25, -0.2) is 0 Å². The summed E-state index contributed by atoms with van der Waals surface area (Å²) in [4.78, 5) is 40.9. The van der Waals surface area contributed by atoms with E-state index in [2.05, 4.69) is 0 Å². The van der Waals surface area contributed by atoms with Crippen LogP contribution in [0.1, 0.15) is 31.7 Å². The van der Waals surface area contributed by atoms with E-state index in [1.165, 1.54) is 0 Å². The van der Waals surface area contributed by atoms with Crippen LogP contribution in [0.2, 0.25) is 0 Å². The summed E-state index contributed by atoms with van der Waals surface area (Å²) in [6.07, 6.45) is 1.75. The van der Waals surface area contributed by atoms with E-state index < -0.39 is 0 Å². The van der Waals surface area contributed by atoms with Crippen LogP contribution < -0.4 is 4.74 Å². The predicted octanol–water partition coefficient (Wildman–Crippen LogP) is 1.85. The highest BCUT2D eigenvalue weighted by Gasteiger charge is 2.38. The van der Waals surface area contributed by atoms with Gasteiger partial charge in [0, 0.05) is 32.6 Å². The second-order valence-corrected chi connectivity index (χ2v) is 7.40. The van der Waals surface area contributed by atoms with E-state index in [0.29, 0.717) is 32.8 Å². The number of methoxy groups -OCH3 is 1. The Balaban J connectivity index is 1.59. The molecule has 0 aliphatic carbocycles. The first-order valence-corrected chi connectivity index (χ1v) is 9.88. The topological polar surface area (TPSA) is 76.2 Å². The van der Waals surface area contributed by atoms with E-state index >= 15 is 0 Å². The van der Waals surface area contributed by atoms with E-state index in [1.807, 2.05) is 24.3 Å². The smallest absolute Gasteiger partial charge is 0.310 e. The Morgan fingerprint density at radius 3 is 2.79 bits per heavy atom. The molecular formula is C21H28N2O5. The van der Waals surface area contributed by atoms with Crippen molar-refractivity contribution in [2.45, 2.75) is 32.7 Å². The number of carbonyl (C=O) groups excluding carboxylic acids is 3. The summed E-state index contributed by atoms with van der Waals surface area (Å²) in [5.74, 6) is -0.144. The molecule has 7 heteroatoms. The van der Waals surface area contributed by atoms with Gasteiger partial charge in [-0.2, -0.15) is 0 Å². The SMILES string of the molecule is CCOC(=O)[C@@H]1CCCN(C(=O)[C@@H]2CC(=O)N(Cc3cccc(OC)c3)C2)C1. The monoisotopic (exact) mass is 388 g/mol. The summed E-state index contributed by atoms with van der Waals surface area (Å²) in [5.41, 5.74) is 0.973. The number of hydrogen-bond donors (Lipinski definition) is 0. The minimum Gasteiger partial charge on any atom is -0.497 e. The molecule has 0 unspecified atom stereocenters. The average molecular weight is 388 g/mol. The fourth-order valence-corrected chi connectivity index (χ4v) is 3.97. The molecule has 0 radical (unpaired) electrons. The van der Waals surface area contributed by atoms with Crippen LogP contribution in [0.5, 0.6) is 5.75 Å². The van der Waals surface area contributed by atoms with Crippen molar-refractivity contribution in [3.8, 4) is 5.75 Å². The normalized spacial score (nSPS) is 22.3. The number of carbonyl (C=O) groups is 3. The number of rotatable bonds is 6. The third kappa shape index (κ3) is 4.64. The molecule has 1 aromatic rings. The molecule has 1 aromatic carbocycles. The lowest BCUT2D eigenvalue weighted by molar-refractivity contribution is -0.152. The summed E-state index contributed by atoms with van der Waals surface area (Å²) >= 11 is 0. The number of nitrogens with zero attached hydrogens (tertiary/aromatic N) is 2. The van der Waals surface area contributed by atoms with Crippen LogP contribution in [0.4, 0.5) is 0 Å². The standard InChI is InChI=1S/C21H28N2O5/c1-3-28-21(26)16-7-5-9-22(13-16)20(25)17-11-19(24)23(14-17)12-15-6-4-8-18(10-15)27-2/h4,6,8,10,16-17H,3,5,7,9,11-14H2,1-2H3/t16-,17-/m1/s1. The van der Waals surface area contributed by atoms with Gasteiger partial charge in [0.15, 0.2) is 0 Å². The maximum atomic E-state index is 12.9. The van der Waals surface area contributed by atoms with Crippen LogP contribution in [0.15, 0.2) is 24.3 Å². The van der Waals surface area contributed by atoms with Crippen LogP contribution in [0.3, 0.4) is 0 Å². The molecule has 2 aliphatic heterocycles. The van der Waals surface area contributed by atoms with Crippen molar-refractivity contribution in [2.75, 3.05) is 33.4 Å². The zero-order chi connectivity index (χ0) is 20.1. The van der Waals surface area contributed by atoms with Crippen molar-refractivity contribution in [1.29, 1.82) is 0 Å². The third-order valence-corrected chi connectivity index (χ3v) is 5.42. The van der Waals surface area contributed by atoms with Gasteiger partial charge in [0.25, 0.3) is 0 Å². The Morgan fingerprint density at radius 1 is 1.21 bits per heavy atom. The minimum atomic E-state index is -0.348. The molecule has 2 saturated heterocycles. The maximum Gasteiger partial charge on any atom is 0.310 e. The van der Waals surface area contributed by atoms with Gasteiger partial charge in [-0.05, 0) is 37.5 Å². The first-order valence-electron chi connectivity index (χ1n) is 9.88. The van der Waals surface area contributed by atoms with Crippen LogP contribution in [0, 0.1) is 11.8 Å². The molecular weight excluding hydrogens is 360 g/mol. The molecule has 0 bridgehead atoms. The third-order valence-electron chi connectivity index (χ3n) is 5.42. The van der Waals surface area contributed by atoms with Crippen LogP contribution in [-0.2, 0) is 25.7 Å². The summed E-state index contributed by atoms with van der Waals surface area (Å²) in [7, 11) is 1.61. The molecule has 2 aliphatic rings. The summed E-state index contributed by atoms with van der Waals surface area (Å²) in [6.45, 7) is 4.03. The lowest BCUT2D eigenvalue weighted by Crippen LogP contribution is -2.45. The van der Waals surface area contributed by atoms with Gasteiger partial charge in [-0.15, -0.1) is 0 Å². The highest BCUT2D eigenvalue weighted by atomic mass is 16.5. The van der Waals surface area contributed by atoms with E-state index in [4.69, 9.17) is 9.47 Å². The molecule has 7 nitrogen and oxygen atoms in total. The Bertz CT molecular complexity index is 735. The number of ether oxygens (including phenoxy) is 2.